The zero-order chi connectivity index (χ0) is 13.2. The smallest absolute Gasteiger partial charge is 0.153 e. The Balaban J connectivity index is 2.26. The number of carbonyl (C=O) groups is 1. The number of ether oxygens (including phenoxy) is 3. The molecule has 0 aliphatic rings. The molecule has 0 spiro atoms. The van der Waals surface area contributed by atoms with Gasteiger partial charge in [-0.1, -0.05) is 15.9 Å². The molecule has 1 aromatic rings. The van der Waals surface area contributed by atoms with Crippen LogP contribution in [0.5, 0.6) is 5.75 Å². The van der Waals surface area contributed by atoms with Crippen molar-refractivity contribution in [1.29, 1.82) is 0 Å². The molecule has 0 heterocycles. The molecule has 0 aliphatic carbocycles. The molecule has 1 rings (SSSR count). The first-order valence-corrected chi connectivity index (χ1v) is 6.51. The standard InChI is InChI=1S/C13H17BrO4/c1-16-5-2-6-17-7-8-18-13-9-12(14)4-3-11(13)10-15/h3-4,9-10H,2,5-8H2,1H3. The van der Waals surface area contributed by atoms with Gasteiger partial charge in [0.2, 0.25) is 0 Å². The molecule has 0 unspecified atom stereocenters. The molecule has 0 bridgehead atoms. The first-order chi connectivity index (χ1) is 8.77. The zero-order valence-corrected chi connectivity index (χ0v) is 11.9. The molecule has 0 atom stereocenters. The van der Waals surface area contributed by atoms with E-state index in [1.807, 2.05) is 0 Å². The molecule has 18 heavy (non-hydrogen) atoms. The maximum Gasteiger partial charge on any atom is 0.153 e. The maximum atomic E-state index is 10.8. The average Bonchev–Trinajstić information content (AvgIpc) is 2.38. The fourth-order valence-electron chi connectivity index (χ4n) is 1.35. The van der Waals surface area contributed by atoms with Crippen LogP contribution in [-0.2, 0) is 9.47 Å². The lowest BCUT2D eigenvalue weighted by atomic mass is 10.2. The molecule has 5 heteroatoms. The average molecular weight is 317 g/mol. The third-order valence-electron chi connectivity index (χ3n) is 2.22. The minimum atomic E-state index is 0.421. The van der Waals surface area contributed by atoms with Crippen LogP contribution in [0.4, 0.5) is 0 Å². The van der Waals surface area contributed by atoms with Crippen LogP contribution in [0.15, 0.2) is 22.7 Å². The number of halogens is 1. The lowest BCUT2D eigenvalue weighted by Crippen LogP contribution is -2.09. The normalized spacial score (nSPS) is 10.3. The quantitative estimate of drug-likeness (QED) is 0.519. The molecule has 0 aliphatic heterocycles. The Kier molecular flexibility index (Phi) is 7.64. The number of hydrogen-bond donors (Lipinski definition) is 0. The summed E-state index contributed by atoms with van der Waals surface area (Å²) in [6, 6.07) is 5.29. The number of hydrogen-bond acceptors (Lipinski definition) is 4. The van der Waals surface area contributed by atoms with Crippen molar-refractivity contribution in [1.82, 2.24) is 0 Å². The molecule has 0 N–H and O–H groups in total. The summed E-state index contributed by atoms with van der Waals surface area (Å²) in [5.41, 5.74) is 0.539. The van der Waals surface area contributed by atoms with Gasteiger partial charge < -0.3 is 14.2 Å². The number of rotatable bonds is 9. The van der Waals surface area contributed by atoms with Crippen LogP contribution in [0.2, 0.25) is 0 Å². The van der Waals surface area contributed by atoms with Gasteiger partial charge in [-0.3, -0.25) is 4.79 Å². The van der Waals surface area contributed by atoms with Gasteiger partial charge in [0.25, 0.3) is 0 Å². The van der Waals surface area contributed by atoms with E-state index < -0.39 is 0 Å². The minimum Gasteiger partial charge on any atom is -0.490 e. The molecular formula is C13H17BrO4. The van der Waals surface area contributed by atoms with Gasteiger partial charge in [0, 0.05) is 24.8 Å². The number of benzene rings is 1. The van der Waals surface area contributed by atoms with Crippen LogP contribution < -0.4 is 4.74 Å². The topological polar surface area (TPSA) is 44.8 Å². The highest BCUT2D eigenvalue weighted by atomic mass is 79.9. The molecule has 0 amide bonds. The van der Waals surface area contributed by atoms with Gasteiger partial charge in [0.15, 0.2) is 6.29 Å². The monoisotopic (exact) mass is 316 g/mol. The first kappa shape index (κ1) is 15.1. The molecule has 4 nitrogen and oxygen atoms in total. The van der Waals surface area contributed by atoms with Crippen LogP contribution in [0.1, 0.15) is 16.8 Å². The largest absolute Gasteiger partial charge is 0.490 e. The van der Waals surface area contributed by atoms with Crippen LogP contribution in [0, 0.1) is 0 Å². The highest BCUT2D eigenvalue weighted by Gasteiger charge is 2.03. The van der Waals surface area contributed by atoms with E-state index in [1.165, 1.54) is 0 Å². The van der Waals surface area contributed by atoms with Gasteiger partial charge in [-0.2, -0.15) is 0 Å². The second-order valence-corrected chi connectivity index (χ2v) is 4.52. The van der Waals surface area contributed by atoms with Crippen molar-refractivity contribution in [3.63, 3.8) is 0 Å². The molecule has 0 radical (unpaired) electrons. The number of methoxy groups -OCH3 is 1. The van der Waals surface area contributed by atoms with Gasteiger partial charge >= 0.3 is 0 Å². The zero-order valence-electron chi connectivity index (χ0n) is 10.4. The van der Waals surface area contributed by atoms with Crippen molar-refractivity contribution in [3.8, 4) is 5.75 Å². The van der Waals surface area contributed by atoms with Gasteiger partial charge in [-0.15, -0.1) is 0 Å². The highest BCUT2D eigenvalue weighted by Crippen LogP contribution is 2.22. The predicted octanol–water partition coefficient (Wildman–Crippen LogP) is 2.69. The SMILES string of the molecule is COCCCOCCOc1cc(Br)ccc1C=O. The third-order valence-corrected chi connectivity index (χ3v) is 2.72. The maximum absolute atomic E-state index is 10.8. The summed E-state index contributed by atoms with van der Waals surface area (Å²) >= 11 is 3.34. The molecule has 100 valence electrons. The van der Waals surface area contributed by atoms with Crippen molar-refractivity contribution in [2.75, 3.05) is 33.5 Å². The predicted molar refractivity (Wildman–Crippen MR) is 72.3 cm³/mol. The Bertz CT molecular complexity index is 368. The number of aldehydes is 1. The summed E-state index contributed by atoms with van der Waals surface area (Å²) in [6.07, 6.45) is 1.65. The third kappa shape index (κ3) is 5.62. The van der Waals surface area contributed by atoms with E-state index in [9.17, 15) is 4.79 Å². The Hall–Kier alpha value is -0.910. The van der Waals surface area contributed by atoms with E-state index in [2.05, 4.69) is 15.9 Å². The lowest BCUT2D eigenvalue weighted by Gasteiger charge is -2.09. The number of carbonyl (C=O) groups excluding carboxylic acids is 1. The Morgan fingerprint density at radius 3 is 2.78 bits per heavy atom. The summed E-state index contributed by atoms with van der Waals surface area (Å²) in [5, 5.41) is 0. The van der Waals surface area contributed by atoms with E-state index in [1.54, 1.807) is 25.3 Å². The summed E-state index contributed by atoms with van der Waals surface area (Å²) in [6.45, 7) is 2.26. The molecule has 0 saturated heterocycles. The van der Waals surface area contributed by atoms with Crippen LogP contribution in [0.3, 0.4) is 0 Å². The summed E-state index contributed by atoms with van der Waals surface area (Å²) in [5.74, 6) is 0.569. The minimum absolute atomic E-state index is 0.421. The van der Waals surface area contributed by atoms with Crippen molar-refractivity contribution in [2.24, 2.45) is 0 Å². The lowest BCUT2D eigenvalue weighted by molar-refractivity contribution is 0.0802. The fourth-order valence-corrected chi connectivity index (χ4v) is 1.69. The van der Waals surface area contributed by atoms with Crippen molar-refractivity contribution in [3.05, 3.63) is 28.2 Å². The van der Waals surface area contributed by atoms with E-state index >= 15 is 0 Å². The fraction of sp³-hybridized carbons (Fsp3) is 0.462. The first-order valence-electron chi connectivity index (χ1n) is 5.72. The summed E-state index contributed by atoms with van der Waals surface area (Å²) in [7, 11) is 1.66. The van der Waals surface area contributed by atoms with Gasteiger partial charge in [0.1, 0.15) is 12.4 Å². The van der Waals surface area contributed by atoms with Crippen molar-refractivity contribution >= 4 is 22.2 Å². The van der Waals surface area contributed by atoms with E-state index in [0.29, 0.717) is 37.7 Å². The van der Waals surface area contributed by atoms with Crippen molar-refractivity contribution < 1.29 is 19.0 Å². The summed E-state index contributed by atoms with van der Waals surface area (Å²) in [4.78, 5) is 10.8. The van der Waals surface area contributed by atoms with E-state index in [-0.39, 0.29) is 0 Å². The molecular weight excluding hydrogens is 300 g/mol. The molecule has 0 saturated carbocycles. The summed E-state index contributed by atoms with van der Waals surface area (Å²) < 4.78 is 16.6. The van der Waals surface area contributed by atoms with Crippen molar-refractivity contribution in [2.45, 2.75) is 6.42 Å². The molecule has 0 aromatic heterocycles. The van der Waals surface area contributed by atoms with Crippen LogP contribution in [0.25, 0.3) is 0 Å². The van der Waals surface area contributed by atoms with Gasteiger partial charge in [0.05, 0.1) is 12.2 Å². The molecule has 0 fully saturated rings. The second kappa shape index (κ2) is 9.08. The van der Waals surface area contributed by atoms with E-state index in [0.717, 1.165) is 17.2 Å². The van der Waals surface area contributed by atoms with Crippen LogP contribution in [-0.4, -0.2) is 39.8 Å². The van der Waals surface area contributed by atoms with Crippen LogP contribution >= 0.6 is 15.9 Å². The highest BCUT2D eigenvalue weighted by molar-refractivity contribution is 9.10. The second-order valence-electron chi connectivity index (χ2n) is 3.61. The Morgan fingerprint density at radius 1 is 1.22 bits per heavy atom. The van der Waals surface area contributed by atoms with Gasteiger partial charge in [-0.25, -0.2) is 0 Å². The Morgan fingerprint density at radius 2 is 2.06 bits per heavy atom. The van der Waals surface area contributed by atoms with Gasteiger partial charge in [-0.05, 0) is 24.6 Å². The van der Waals surface area contributed by atoms with E-state index in [4.69, 9.17) is 14.2 Å². The molecule has 1 aromatic carbocycles. The Labute approximate surface area is 115 Å².